The van der Waals surface area contributed by atoms with Crippen molar-refractivity contribution >= 4 is 28.8 Å². The summed E-state index contributed by atoms with van der Waals surface area (Å²) in [7, 11) is 0. The Bertz CT molecular complexity index is 1070. The van der Waals surface area contributed by atoms with Crippen molar-refractivity contribution in [1.82, 2.24) is 15.2 Å². The predicted octanol–water partition coefficient (Wildman–Crippen LogP) is 3.51. The van der Waals surface area contributed by atoms with Crippen LogP contribution in [0.4, 0.5) is 5.69 Å². The zero-order valence-electron chi connectivity index (χ0n) is 17.8. The third-order valence-corrected chi connectivity index (χ3v) is 6.54. The molecule has 2 heterocycles. The SMILES string of the molecule is Cc1nc(C)c(C(=O)NCC(=O)N2CCN(c3ccccc3-c3ccccc3)CC2)s1. The molecule has 3 aromatic rings. The van der Waals surface area contributed by atoms with Crippen LogP contribution in [0, 0.1) is 13.8 Å². The molecule has 0 radical (unpaired) electrons. The highest BCUT2D eigenvalue weighted by atomic mass is 32.1. The average molecular weight is 435 g/mol. The van der Waals surface area contributed by atoms with Crippen molar-refractivity contribution in [1.29, 1.82) is 0 Å². The van der Waals surface area contributed by atoms with Gasteiger partial charge in [0.2, 0.25) is 5.91 Å². The average Bonchev–Trinajstić information content (AvgIpc) is 3.16. The molecule has 1 saturated heterocycles. The second-order valence-electron chi connectivity index (χ2n) is 7.58. The van der Waals surface area contributed by atoms with Crippen molar-refractivity contribution in [3.8, 4) is 11.1 Å². The van der Waals surface area contributed by atoms with E-state index < -0.39 is 0 Å². The van der Waals surface area contributed by atoms with Crippen molar-refractivity contribution in [2.24, 2.45) is 0 Å². The lowest BCUT2D eigenvalue weighted by molar-refractivity contribution is -0.130. The third-order valence-electron chi connectivity index (χ3n) is 5.47. The first-order valence-corrected chi connectivity index (χ1v) is 11.2. The third kappa shape index (κ3) is 4.77. The van der Waals surface area contributed by atoms with E-state index in [0.29, 0.717) is 23.7 Å². The quantitative estimate of drug-likeness (QED) is 0.668. The van der Waals surface area contributed by atoms with Crippen molar-refractivity contribution < 1.29 is 9.59 Å². The fraction of sp³-hybridized carbons (Fsp3) is 0.292. The summed E-state index contributed by atoms with van der Waals surface area (Å²) >= 11 is 1.35. The lowest BCUT2D eigenvalue weighted by atomic mass is 10.0. The van der Waals surface area contributed by atoms with E-state index in [4.69, 9.17) is 0 Å². The lowest BCUT2D eigenvalue weighted by Gasteiger charge is -2.37. The van der Waals surface area contributed by atoms with Gasteiger partial charge >= 0.3 is 0 Å². The van der Waals surface area contributed by atoms with Gasteiger partial charge in [-0.1, -0.05) is 48.5 Å². The summed E-state index contributed by atoms with van der Waals surface area (Å²) in [4.78, 5) is 34.0. The molecule has 0 aliphatic carbocycles. The van der Waals surface area contributed by atoms with Gasteiger partial charge in [-0.05, 0) is 25.5 Å². The van der Waals surface area contributed by atoms with Crippen LogP contribution in [-0.4, -0.2) is 54.4 Å². The first-order chi connectivity index (χ1) is 15.0. The summed E-state index contributed by atoms with van der Waals surface area (Å²) in [6.45, 7) is 6.48. The Kier molecular flexibility index (Phi) is 6.32. The van der Waals surface area contributed by atoms with Crippen molar-refractivity contribution in [3.05, 3.63) is 70.2 Å². The second-order valence-corrected chi connectivity index (χ2v) is 8.78. The molecule has 160 valence electrons. The number of amides is 2. The fourth-order valence-electron chi connectivity index (χ4n) is 3.90. The van der Waals surface area contributed by atoms with Crippen LogP contribution >= 0.6 is 11.3 Å². The number of aryl methyl sites for hydroxylation is 2. The van der Waals surface area contributed by atoms with E-state index in [2.05, 4.69) is 51.6 Å². The molecule has 0 bridgehead atoms. The molecule has 7 heteroatoms. The molecule has 2 aromatic carbocycles. The monoisotopic (exact) mass is 434 g/mol. The molecule has 1 N–H and O–H groups in total. The van der Waals surface area contributed by atoms with Crippen LogP contribution < -0.4 is 10.2 Å². The number of rotatable bonds is 5. The Morgan fingerprint density at radius 1 is 0.968 bits per heavy atom. The minimum absolute atomic E-state index is 0.00975. The molecule has 2 amide bonds. The first kappa shape index (κ1) is 21.1. The van der Waals surface area contributed by atoms with E-state index in [-0.39, 0.29) is 18.4 Å². The maximum absolute atomic E-state index is 12.6. The zero-order chi connectivity index (χ0) is 21.8. The molecule has 6 nitrogen and oxygen atoms in total. The van der Waals surface area contributed by atoms with Gasteiger partial charge in [0.25, 0.3) is 5.91 Å². The molecule has 1 aliphatic heterocycles. The number of aromatic nitrogens is 1. The smallest absolute Gasteiger partial charge is 0.263 e. The van der Waals surface area contributed by atoms with Crippen molar-refractivity contribution in [2.75, 3.05) is 37.6 Å². The predicted molar refractivity (Wildman–Crippen MR) is 125 cm³/mol. The van der Waals surface area contributed by atoms with Gasteiger partial charge in [0.1, 0.15) is 4.88 Å². The van der Waals surface area contributed by atoms with Gasteiger partial charge < -0.3 is 15.1 Å². The van der Waals surface area contributed by atoms with Crippen LogP contribution in [0.25, 0.3) is 11.1 Å². The van der Waals surface area contributed by atoms with E-state index in [1.807, 2.05) is 36.9 Å². The Morgan fingerprint density at radius 2 is 1.65 bits per heavy atom. The molecule has 1 aromatic heterocycles. The van der Waals surface area contributed by atoms with Gasteiger partial charge in [0.15, 0.2) is 0 Å². The van der Waals surface area contributed by atoms with E-state index >= 15 is 0 Å². The molecule has 0 atom stereocenters. The van der Waals surface area contributed by atoms with Crippen molar-refractivity contribution in [2.45, 2.75) is 13.8 Å². The topological polar surface area (TPSA) is 65.5 Å². The summed E-state index contributed by atoms with van der Waals surface area (Å²) in [6, 6.07) is 18.7. The maximum Gasteiger partial charge on any atom is 0.263 e. The fourth-order valence-corrected chi connectivity index (χ4v) is 4.73. The van der Waals surface area contributed by atoms with Crippen LogP contribution in [0.5, 0.6) is 0 Å². The lowest BCUT2D eigenvalue weighted by Crippen LogP contribution is -2.51. The summed E-state index contributed by atoms with van der Waals surface area (Å²) in [5, 5.41) is 3.60. The number of para-hydroxylation sites is 1. The van der Waals surface area contributed by atoms with Crippen molar-refractivity contribution in [3.63, 3.8) is 0 Å². The summed E-state index contributed by atoms with van der Waals surface area (Å²) in [6.07, 6.45) is 0. The maximum atomic E-state index is 12.6. The van der Waals surface area contributed by atoms with Gasteiger partial charge in [-0.2, -0.15) is 0 Å². The van der Waals surface area contributed by atoms with Gasteiger partial charge in [0.05, 0.1) is 17.2 Å². The number of nitrogens with zero attached hydrogens (tertiary/aromatic N) is 3. The Labute approximate surface area is 186 Å². The molecule has 0 saturated carbocycles. The number of carbonyl (C=O) groups excluding carboxylic acids is 2. The van der Waals surface area contributed by atoms with Crippen LogP contribution in [0.3, 0.4) is 0 Å². The van der Waals surface area contributed by atoms with Crippen LogP contribution in [0.1, 0.15) is 20.4 Å². The van der Waals surface area contributed by atoms with E-state index in [1.165, 1.54) is 28.2 Å². The largest absolute Gasteiger partial charge is 0.367 e. The van der Waals surface area contributed by atoms with Gasteiger partial charge in [-0.3, -0.25) is 9.59 Å². The van der Waals surface area contributed by atoms with Crippen LogP contribution in [-0.2, 0) is 4.79 Å². The number of hydrogen-bond donors (Lipinski definition) is 1. The number of piperazine rings is 1. The summed E-state index contributed by atoms with van der Waals surface area (Å²) in [5.41, 5.74) is 4.28. The highest BCUT2D eigenvalue weighted by molar-refractivity contribution is 7.13. The van der Waals surface area contributed by atoms with Crippen LogP contribution in [0.2, 0.25) is 0 Å². The Morgan fingerprint density at radius 3 is 2.32 bits per heavy atom. The highest BCUT2D eigenvalue weighted by Gasteiger charge is 2.23. The molecule has 0 unspecified atom stereocenters. The Hall–Kier alpha value is -3.19. The number of nitrogens with one attached hydrogen (secondary N) is 1. The standard InChI is InChI=1S/C24H26N4O2S/c1-17-23(31-18(2)26-17)24(30)25-16-22(29)28-14-12-27(13-15-28)21-11-7-6-10-20(21)19-8-4-3-5-9-19/h3-11H,12-16H2,1-2H3,(H,25,30). The number of anilines is 1. The minimum Gasteiger partial charge on any atom is -0.367 e. The number of carbonyl (C=O) groups is 2. The molecule has 1 aliphatic rings. The molecule has 31 heavy (non-hydrogen) atoms. The number of hydrogen-bond acceptors (Lipinski definition) is 5. The molecule has 1 fully saturated rings. The zero-order valence-corrected chi connectivity index (χ0v) is 18.6. The summed E-state index contributed by atoms with van der Waals surface area (Å²) in [5.74, 6) is -0.282. The highest BCUT2D eigenvalue weighted by Crippen LogP contribution is 2.31. The molecule has 0 spiro atoms. The second kappa shape index (κ2) is 9.31. The Balaban J connectivity index is 1.35. The van der Waals surface area contributed by atoms with E-state index in [0.717, 1.165) is 18.1 Å². The van der Waals surface area contributed by atoms with Crippen LogP contribution in [0.15, 0.2) is 54.6 Å². The van der Waals surface area contributed by atoms with E-state index in [9.17, 15) is 9.59 Å². The number of benzene rings is 2. The van der Waals surface area contributed by atoms with E-state index in [1.54, 1.807) is 0 Å². The summed E-state index contributed by atoms with van der Waals surface area (Å²) < 4.78 is 0. The molecular weight excluding hydrogens is 408 g/mol. The molecular formula is C24H26N4O2S. The van der Waals surface area contributed by atoms with Gasteiger partial charge in [-0.15, -0.1) is 11.3 Å². The number of thiazole rings is 1. The van der Waals surface area contributed by atoms with Gasteiger partial charge in [-0.25, -0.2) is 4.98 Å². The first-order valence-electron chi connectivity index (χ1n) is 10.4. The van der Waals surface area contributed by atoms with Gasteiger partial charge in [0, 0.05) is 37.4 Å². The molecule has 4 rings (SSSR count). The normalized spacial score (nSPS) is 13.9. The minimum atomic E-state index is -0.230.